The van der Waals surface area contributed by atoms with E-state index in [0.717, 1.165) is 38.8 Å². The van der Waals surface area contributed by atoms with Gasteiger partial charge in [-0.25, -0.2) is 0 Å². The van der Waals surface area contributed by atoms with Gasteiger partial charge in [0.05, 0.1) is 18.0 Å². The largest absolute Gasteiger partial charge is 0.481 e. The number of carbonyl (C=O) groups excluding carboxylic acids is 2. The summed E-state index contributed by atoms with van der Waals surface area (Å²) in [5, 5.41) is 19.1. The second-order valence-corrected chi connectivity index (χ2v) is 8.44. The first-order valence-electron chi connectivity index (χ1n) is 10.9. The number of hydrogen-bond donors (Lipinski definition) is 3. The number of carboxylic acid groups (broad SMARTS) is 1. The lowest BCUT2D eigenvalue weighted by Gasteiger charge is -2.33. The van der Waals surface area contributed by atoms with Gasteiger partial charge in [-0.1, -0.05) is 5.16 Å². The topological polar surface area (TPSA) is 125 Å². The molecule has 10 heteroatoms. The lowest BCUT2D eigenvalue weighted by molar-refractivity contribution is -0.138. The fourth-order valence-corrected chi connectivity index (χ4v) is 4.31. The van der Waals surface area contributed by atoms with Gasteiger partial charge in [0, 0.05) is 25.6 Å². The van der Waals surface area contributed by atoms with Crippen molar-refractivity contribution in [3.05, 3.63) is 17.5 Å². The van der Waals surface area contributed by atoms with Crippen LogP contribution < -0.4 is 10.6 Å². The Morgan fingerprint density at radius 3 is 2.71 bits per heavy atom. The molecule has 3 rings (SSSR count). The smallest absolute Gasteiger partial charge is 0.305 e. The average molecular weight is 457 g/mol. The highest BCUT2D eigenvalue weighted by Crippen LogP contribution is 2.23. The summed E-state index contributed by atoms with van der Waals surface area (Å²) in [5.74, 6) is -0.588. The minimum Gasteiger partial charge on any atom is -0.481 e. The van der Waals surface area contributed by atoms with E-state index in [1.807, 2.05) is 0 Å². The molecule has 174 valence electrons. The molecule has 9 nitrogen and oxygen atoms in total. The Morgan fingerprint density at radius 2 is 2.06 bits per heavy atom. The first-order valence-corrected chi connectivity index (χ1v) is 10.9. The van der Waals surface area contributed by atoms with E-state index in [9.17, 15) is 19.5 Å². The number of aliphatic carboxylic acids is 1. The van der Waals surface area contributed by atoms with Crippen LogP contribution in [-0.4, -0.2) is 59.1 Å². The molecule has 2 aliphatic rings. The molecule has 0 aliphatic carbocycles. The SMILES string of the molecule is Cc1cc(C(CC(=O)O)NC(=O)[C@@H]2CCCN(C(=O)CCC3CCNCC3)C2)on1.Cl. The molecule has 31 heavy (non-hydrogen) atoms. The summed E-state index contributed by atoms with van der Waals surface area (Å²) in [6.07, 6.45) is 4.82. The van der Waals surface area contributed by atoms with Crippen LogP contribution in [0.25, 0.3) is 0 Å². The lowest BCUT2D eigenvalue weighted by atomic mass is 9.92. The molecule has 0 spiro atoms. The maximum absolute atomic E-state index is 12.8. The Labute approximate surface area is 188 Å². The van der Waals surface area contributed by atoms with Gasteiger partial charge in [0.1, 0.15) is 6.04 Å². The molecule has 2 amide bonds. The fraction of sp³-hybridized carbons (Fsp3) is 0.714. The van der Waals surface area contributed by atoms with Crippen molar-refractivity contribution in [1.29, 1.82) is 0 Å². The van der Waals surface area contributed by atoms with Gasteiger partial charge in [0.25, 0.3) is 0 Å². The Morgan fingerprint density at radius 1 is 1.32 bits per heavy atom. The van der Waals surface area contributed by atoms with Crippen LogP contribution >= 0.6 is 12.4 Å². The molecular weight excluding hydrogens is 424 g/mol. The first kappa shape index (κ1) is 25.1. The van der Waals surface area contributed by atoms with E-state index in [4.69, 9.17) is 4.52 Å². The maximum atomic E-state index is 12.8. The first-order chi connectivity index (χ1) is 14.4. The molecular formula is C21H33ClN4O5. The van der Waals surface area contributed by atoms with E-state index >= 15 is 0 Å². The van der Waals surface area contributed by atoms with E-state index in [1.165, 1.54) is 0 Å². The Bertz CT molecular complexity index is 750. The number of hydrogen-bond acceptors (Lipinski definition) is 6. The van der Waals surface area contributed by atoms with Gasteiger partial charge in [-0.15, -0.1) is 12.4 Å². The Kier molecular flexibility index (Phi) is 9.77. The monoisotopic (exact) mass is 456 g/mol. The van der Waals surface area contributed by atoms with Crippen LogP contribution in [0.4, 0.5) is 0 Å². The molecule has 0 aromatic carbocycles. The highest BCUT2D eigenvalue weighted by molar-refractivity contribution is 5.85. The van der Waals surface area contributed by atoms with Crippen molar-refractivity contribution in [1.82, 2.24) is 20.7 Å². The molecule has 1 aromatic rings. The molecule has 0 saturated carbocycles. The van der Waals surface area contributed by atoms with E-state index in [1.54, 1.807) is 17.9 Å². The summed E-state index contributed by atoms with van der Waals surface area (Å²) in [6.45, 7) is 4.84. The van der Waals surface area contributed by atoms with Gasteiger partial charge in [-0.2, -0.15) is 0 Å². The zero-order chi connectivity index (χ0) is 21.5. The van der Waals surface area contributed by atoms with E-state index < -0.39 is 12.0 Å². The number of aromatic nitrogens is 1. The van der Waals surface area contributed by atoms with Crippen LogP contribution in [0, 0.1) is 18.8 Å². The molecule has 2 fully saturated rings. The van der Waals surface area contributed by atoms with Crippen molar-refractivity contribution < 1.29 is 24.0 Å². The molecule has 2 saturated heterocycles. The third kappa shape index (κ3) is 7.50. The summed E-state index contributed by atoms with van der Waals surface area (Å²) < 4.78 is 5.17. The van der Waals surface area contributed by atoms with Crippen molar-refractivity contribution in [2.75, 3.05) is 26.2 Å². The van der Waals surface area contributed by atoms with Crippen molar-refractivity contribution in [2.45, 2.75) is 57.9 Å². The van der Waals surface area contributed by atoms with Crippen LogP contribution in [0.2, 0.25) is 0 Å². The second kappa shape index (κ2) is 12.0. The molecule has 0 bridgehead atoms. The van der Waals surface area contributed by atoms with Gasteiger partial charge in [-0.3, -0.25) is 14.4 Å². The number of nitrogens with one attached hydrogen (secondary N) is 2. The standard InChI is InChI=1S/C21H32N4O5.ClH/c1-14-11-18(30-24-14)17(12-20(27)28)23-21(29)16-3-2-10-25(13-16)19(26)5-4-15-6-8-22-9-7-15;/h11,15-17,22H,2-10,12-13H2,1H3,(H,23,29)(H,27,28);1H/t16-,17?;/m1./s1. The highest BCUT2D eigenvalue weighted by atomic mass is 35.5. The third-order valence-corrected chi connectivity index (χ3v) is 6.05. The van der Waals surface area contributed by atoms with Crippen molar-refractivity contribution in [3.8, 4) is 0 Å². The molecule has 2 atom stereocenters. The molecule has 3 N–H and O–H groups in total. The minimum absolute atomic E-state index is 0. The number of aryl methyl sites for hydroxylation is 1. The molecule has 1 unspecified atom stereocenters. The van der Waals surface area contributed by atoms with Gasteiger partial charge in [-0.05, 0) is 58.0 Å². The number of piperidine rings is 2. The number of nitrogens with zero attached hydrogens (tertiary/aromatic N) is 2. The zero-order valence-electron chi connectivity index (χ0n) is 18.0. The average Bonchev–Trinajstić information content (AvgIpc) is 3.18. The van der Waals surface area contributed by atoms with Crippen molar-refractivity contribution in [3.63, 3.8) is 0 Å². The number of amides is 2. The Hall–Kier alpha value is -2.13. The summed E-state index contributed by atoms with van der Waals surface area (Å²) in [6, 6.07) is 0.855. The number of carbonyl (C=O) groups is 3. The number of carboxylic acids is 1. The van der Waals surface area contributed by atoms with Gasteiger partial charge in [0.15, 0.2) is 5.76 Å². The number of halogens is 1. The summed E-state index contributed by atoms with van der Waals surface area (Å²) in [4.78, 5) is 38.5. The van der Waals surface area contributed by atoms with E-state index in [0.29, 0.717) is 43.3 Å². The molecule has 1 aromatic heterocycles. The summed E-state index contributed by atoms with van der Waals surface area (Å²) in [5.41, 5.74) is 0.623. The van der Waals surface area contributed by atoms with Gasteiger partial charge >= 0.3 is 5.97 Å². The van der Waals surface area contributed by atoms with Crippen LogP contribution in [-0.2, 0) is 14.4 Å². The predicted octanol–water partition coefficient (Wildman–Crippen LogP) is 2.06. The van der Waals surface area contributed by atoms with E-state index in [-0.39, 0.29) is 36.6 Å². The normalized spacial score (nSPS) is 20.5. The summed E-state index contributed by atoms with van der Waals surface area (Å²) >= 11 is 0. The Balaban J connectivity index is 0.00000341. The zero-order valence-corrected chi connectivity index (χ0v) is 18.8. The minimum atomic E-state index is -1.03. The molecule has 0 radical (unpaired) electrons. The van der Waals surface area contributed by atoms with Gasteiger partial charge in [0.2, 0.25) is 11.8 Å². The lowest BCUT2D eigenvalue weighted by Crippen LogP contribution is -2.46. The van der Waals surface area contributed by atoms with Crippen LogP contribution in [0.1, 0.15) is 62.4 Å². The van der Waals surface area contributed by atoms with Crippen LogP contribution in [0.15, 0.2) is 10.6 Å². The van der Waals surface area contributed by atoms with Gasteiger partial charge < -0.3 is 25.2 Å². The van der Waals surface area contributed by atoms with E-state index in [2.05, 4.69) is 15.8 Å². The molecule has 2 aliphatic heterocycles. The van der Waals surface area contributed by atoms with Crippen molar-refractivity contribution >= 4 is 30.2 Å². The van der Waals surface area contributed by atoms with Crippen LogP contribution in [0.3, 0.4) is 0 Å². The summed E-state index contributed by atoms with van der Waals surface area (Å²) in [7, 11) is 0. The maximum Gasteiger partial charge on any atom is 0.305 e. The third-order valence-electron chi connectivity index (χ3n) is 6.05. The highest BCUT2D eigenvalue weighted by Gasteiger charge is 2.31. The van der Waals surface area contributed by atoms with Crippen molar-refractivity contribution in [2.24, 2.45) is 11.8 Å². The predicted molar refractivity (Wildman–Crippen MR) is 116 cm³/mol. The molecule has 3 heterocycles. The quantitative estimate of drug-likeness (QED) is 0.546. The number of likely N-dealkylation sites (tertiary alicyclic amines) is 1. The van der Waals surface area contributed by atoms with Crippen LogP contribution in [0.5, 0.6) is 0 Å². The number of rotatable bonds is 8. The fourth-order valence-electron chi connectivity index (χ4n) is 4.31. The second-order valence-electron chi connectivity index (χ2n) is 8.44.